The van der Waals surface area contributed by atoms with Gasteiger partial charge in [-0.3, -0.25) is 0 Å². The molecule has 1 aromatic rings. The average molecular weight is 257 g/mol. The Balaban J connectivity index is 2.82. The summed E-state index contributed by atoms with van der Waals surface area (Å²) in [5.74, 6) is -0.354. The lowest BCUT2D eigenvalue weighted by Crippen LogP contribution is -2.16. The zero-order valence-electron chi connectivity index (χ0n) is 7.72. The second-order valence-corrected chi connectivity index (χ2v) is 3.77. The molecule has 74 valence electrons. The Morgan fingerprint density at radius 3 is 2.86 bits per heavy atom. The molecule has 0 saturated carbocycles. The van der Waals surface area contributed by atoms with Gasteiger partial charge >= 0.3 is 0 Å². The van der Waals surface area contributed by atoms with Gasteiger partial charge in [-0.2, -0.15) is 5.26 Å². The topological polar surface area (TPSA) is 35.8 Å². The van der Waals surface area contributed by atoms with Crippen molar-refractivity contribution in [1.82, 2.24) is 0 Å². The summed E-state index contributed by atoms with van der Waals surface area (Å²) < 4.78 is 14.0. The van der Waals surface area contributed by atoms with Gasteiger partial charge in [0.15, 0.2) is 0 Å². The van der Waals surface area contributed by atoms with Crippen LogP contribution in [0.1, 0.15) is 13.3 Å². The molecule has 0 radical (unpaired) electrons. The molecule has 0 heterocycles. The van der Waals surface area contributed by atoms with Gasteiger partial charge in [-0.15, -0.1) is 0 Å². The lowest BCUT2D eigenvalue weighted by atomic mass is 10.2. The summed E-state index contributed by atoms with van der Waals surface area (Å²) in [6.45, 7) is 1.87. The van der Waals surface area contributed by atoms with Crippen molar-refractivity contribution >= 4 is 21.6 Å². The van der Waals surface area contributed by atoms with Crippen LogP contribution in [-0.2, 0) is 0 Å². The Bertz CT molecular complexity index is 360. The summed E-state index contributed by atoms with van der Waals surface area (Å²) in [6, 6.07) is 6.42. The molecule has 1 atom stereocenters. The quantitative estimate of drug-likeness (QED) is 0.901. The first-order chi connectivity index (χ1) is 6.67. The van der Waals surface area contributed by atoms with Crippen LogP contribution in [-0.4, -0.2) is 6.04 Å². The van der Waals surface area contributed by atoms with E-state index in [0.717, 1.165) is 0 Å². The van der Waals surface area contributed by atoms with Gasteiger partial charge in [0, 0.05) is 4.47 Å². The third kappa shape index (κ3) is 2.71. The van der Waals surface area contributed by atoms with E-state index in [1.54, 1.807) is 12.1 Å². The van der Waals surface area contributed by atoms with Crippen molar-refractivity contribution in [3.8, 4) is 6.07 Å². The molecule has 14 heavy (non-hydrogen) atoms. The van der Waals surface area contributed by atoms with E-state index in [1.165, 1.54) is 6.07 Å². The highest BCUT2D eigenvalue weighted by atomic mass is 79.9. The Morgan fingerprint density at radius 1 is 1.64 bits per heavy atom. The van der Waals surface area contributed by atoms with E-state index in [-0.39, 0.29) is 11.9 Å². The summed E-state index contributed by atoms with van der Waals surface area (Å²) in [6.07, 6.45) is 0.645. The van der Waals surface area contributed by atoms with Gasteiger partial charge in [-0.1, -0.05) is 22.9 Å². The van der Waals surface area contributed by atoms with Crippen LogP contribution in [0.3, 0.4) is 0 Å². The second-order valence-electron chi connectivity index (χ2n) is 2.86. The minimum atomic E-state index is -0.354. The number of hydrogen-bond acceptors (Lipinski definition) is 2. The van der Waals surface area contributed by atoms with E-state index < -0.39 is 0 Å². The number of anilines is 1. The predicted molar refractivity (Wildman–Crippen MR) is 57.4 cm³/mol. The van der Waals surface area contributed by atoms with Gasteiger partial charge in [0.2, 0.25) is 0 Å². The van der Waals surface area contributed by atoms with Gasteiger partial charge < -0.3 is 5.32 Å². The standard InChI is InChI=1S/C10H10BrFN2/c1-2-8(6-13)14-10-4-3-7(11)5-9(10)12/h3-5,8,14H,2H2,1H3. The normalized spacial score (nSPS) is 11.9. The Labute approximate surface area is 90.9 Å². The molecule has 0 saturated heterocycles. The first kappa shape index (κ1) is 11.0. The van der Waals surface area contributed by atoms with Crippen LogP contribution in [0.2, 0.25) is 0 Å². The van der Waals surface area contributed by atoms with Crippen LogP contribution < -0.4 is 5.32 Å². The van der Waals surface area contributed by atoms with E-state index in [0.29, 0.717) is 16.6 Å². The summed E-state index contributed by atoms with van der Waals surface area (Å²) in [7, 11) is 0. The van der Waals surface area contributed by atoms with Crippen molar-refractivity contribution in [3.05, 3.63) is 28.5 Å². The fourth-order valence-electron chi connectivity index (χ4n) is 1.02. The molecule has 0 bridgehead atoms. The summed E-state index contributed by atoms with van der Waals surface area (Å²) in [5, 5.41) is 11.5. The van der Waals surface area contributed by atoms with E-state index in [9.17, 15) is 4.39 Å². The van der Waals surface area contributed by atoms with Gasteiger partial charge in [-0.25, -0.2) is 4.39 Å². The van der Waals surface area contributed by atoms with Crippen molar-refractivity contribution in [3.63, 3.8) is 0 Å². The number of hydrogen-bond donors (Lipinski definition) is 1. The van der Waals surface area contributed by atoms with E-state index in [4.69, 9.17) is 5.26 Å². The monoisotopic (exact) mass is 256 g/mol. The average Bonchev–Trinajstić information content (AvgIpc) is 2.17. The van der Waals surface area contributed by atoms with Crippen LogP contribution in [0, 0.1) is 17.1 Å². The van der Waals surface area contributed by atoms with Gasteiger partial charge in [0.25, 0.3) is 0 Å². The molecule has 1 N–H and O–H groups in total. The van der Waals surface area contributed by atoms with Crippen molar-refractivity contribution in [2.24, 2.45) is 0 Å². The maximum absolute atomic E-state index is 13.3. The Kier molecular flexibility index (Phi) is 3.90. The summed E-state index contributed by atoms with van der Waals surface area (Å²) >= 11 is 3.16. The first-order valence-corrected chi connectivity index (χ1v) is 5.08. The molecule has 0 amide bonds. The van der Waals surface area contributed by atoms with Crippen molar-refractivity contribution < 1.29 is 4.39 Å². The Hall–Kier alpha value is -1.08. The number of halogens is 2. The van der Waals surface area contributed by atoms with Gasteiger partial charge in [-0.05, 0) is 24.6 Å². The molecule has 1 rings (SSSR count). The molecule has 0 fully saturated rings. The largest absolute Gasteiger partial charge is 0.367 e. The smallest absolute Gasteiger partial charge is 0.147 e. The number of rotatable bonds is 3. The van der Waals surface area contributed by atoms with E-state index in [2.05, 4.69) is 27.3 Å². The molecular weight excluding hydrogens is 247 g/mol. The number of nitrogens with one attached hydrogen (secondary N) is 1. The molecule has 0 aromatic heterocycles. The van der Waals surface area contributed by atoms with Crippen LogP contribution in [0.25, 0.3) is 0 Å². The van der Waals surface area contributed by atoms with E-state index in [1.807, 2.05) is 6.92 Å². The van der Waals surface area contributed by atoms with Gasteiger partial charge in [0.1, 0.15) is 11.9 Å². The molecular formula is C10H10BrFN2. The molecule has 2 nitrogen and oxygen atoms in total. The lowest BCUT2D eigenvalue weighted by Gasteiger charge is -2.11. The predicted octanol–water partition coefficient (Wildman–Crippen LogP) is 3.30. The SMILES string of the molecule is CCC(C#N)Nc1ccc(Br)cc1F. The maximum atomic E-state index is 13.3. The van der Waals surface area contributed by atoms with Crippen LogP contribution in [0.5, 0.6) is 0 Å². The zero-order valence-corrected chi connectivity index (χ0v) is 9.31. The fraction of sp³-hybridized carbons (Fsp3) is 0.300. The highest BCUT2D eigenvalue weighted by molar-refractivity contribution is 9.10. The molecule has 0 aliphatic rings. The van der Waals surface area contributed by atoms with Crippen LogP contribution in [0.4, 0.5) is 10.1 Å². The number of nitrogens with zero attached hydrogens (tertiary/aromatic N) is 1. The lowest BCUT2D eigenvalue weighted by molar-refractivity contribution is 0.627. The van der Waals surface area contributed by atoms with E-state index >= 15 is 0 Å². The third-order valence-electron chi connectivity index (χ3n) is 1.82. The summed E-state index contributed by atoms with van der Waals surface area (Å²) in [4.78, 5) is 0. The van der Waals surface area contributed by atoms with Crippen molar-refractivity contribution in [2.75, 3.05) is 5.32 Å². The third-order valence-corrected chi connectivity index (χ3v) is 2.32. The number of benzene rings is 1. The molecule has 1 aromatic carbocycles. The summed E-state index contributed by atoms with van der Waals surface area (Å²) in [5.41, 5.74) is 0.363. The molecule has 0 spiro atoms. The van der Waals surface area contributed by atoms with Crippen molar-refractivity contribution in [2.45, 2.75) is 19.4 Å². The zero-order chi connectivity index (χ0) is 10.6. The molecule has 0 aliphatic heterocycles. The van der Waals surface area contributed by atoms with Crippen LogP contribution >= 0.6 is 15.9 Å². The van der Waals surface area contributed by atoms with Crippen LogP contribution in [0.15, 0.2) is 22.7 Å². The number of nitriles is 1. The second kappa shape index (κ2) is 4.97. The van der Waals surface area contributed by atoms with Gasteiger partial charge in [0.05, 0.1) is 11.8 Å². The molecule has 0 aliphatic carbocycles. The molecule has 1 unspecified atom stereocenters. The fourth-order valence-corrected chi connectivity index (χ4v) is 1.35. The first-order valence-electron chi connectivity index (χ1n) is 4.28. The Morgan fingerprint density at radius 2 is 2.36 bits per heavy atom. The highest BCUT2D eigenvalue weighted by Gasteiger charge is 2.07. The van der Waals surface area contributed by atoms with Crippen molar-refractivity contribution in [1.29, 1.82) is 5.26 Å². The minimum absolute atomic E-state index is 0.342. The maximum Gasteiger partial charge on any atom is 0.147 e. The minimum Gasteiger partial charge on any atom is -0.367 e. The highest BCUT2D eigenvalue weighted by Crippen LogP contribution is 2.20. The molecule has 4 heteroatoms.